The molecule has 0 aliphatic heterocycles. The second kappa shape index (κ2) is 34.8. The van der Waals surface area contributed by atoms with Crippen LogP contribution in [0.15, 0.2) is 24.3 Å². The number of carbonyl (C=O) groups excluding carboxylic acids is 1. The lowest BCUT2D eigenvalue weighted by atomic mass is 10.1. The van der Waals surface area contributed by atoms with E-state index in [0.717, 1.165) is 5.56 Å². The van der Waals surface area contributed by atoms with Gasteiger partial charge in [0.25, 0.3) is 0 Å². The van der Waals surface area contributed by atoms with Gasteiger partial charge in [-0.15, -0.1) is 0 Å². The predicted molar refractivity (Wildman–Crippen MR) is 197 cm³/mol. The highest BCUT2D eigenvalue weighted by molar-refractivity contribution is 5.80. The average Bonchev–Trinajstić information content (AvgIpc) is 3.13. The molecular formula is C37H65NO16. The third-order valence-electron chi connectivity index (χ3n) is 6.63. The van der Waals surface area contributed by atoms with Crippen molar-refractivity contribution in [2.75, 3.05) is 152 Å². The van der Waals surface area contributed by atoms with Crippen LogP contribution in [0.1, 0.15) is 26.3 Å². The van der Waals surface area contributed by atoms with Gasteiger partial charge in [0.15, 0.2) is 0 Å². The number of aliphatic carboxylic acids is 1. The van der Waals surface area contributed by atoms with E-state index in [9.17, 15) is 14.7 Å². The summed E-state index contributed by atoms with van der Waals surface area (Å²) in [5, 5.41) is 11.9. The van der Waals surface area contributed by atoms with Crippen LogP contribution in [0, 0.1) is 0 Å². The maximum absolute atomic E-state index is 12.0. The van der Waals surface area contributed by atoms with Gasteiger partial charge in [0.1, 0.15) is 24.0 Å². The smallest absolute Gasteiger partial charge is 0.408 e. The molecule has 0 aliphatic rings. The fraction of sp³-hybridized carbons (Fsp3) is 0.784. The van der Waals surface area contributed by atoms with Crippen molar-refractivity contribution in [1.82, 2.24) is 5.32 Å². The second-order valence-electron chi connectivity index (χ2n) is 12.4. The van der Waals surface area contributed by atoms with Crippen LogP contribution in [-0.4, -0.2) is 181 Å². The molecule has 54 heavy (non-hydrogen) atoms. The Morgan fingerprint density at radius 3 is 1.15 bits per heavy atom. The SMILES string of the molecule is COCCOCCOCCOCCOCCOCCOCCOCCOCCOCCOCCOc1ccc(CC(NC(=O)OC(C)(C)C)C(=O)O)cc1. The normalized spacial score (nSPS) is 12.1. The number of carboxylic acid groups (broad SMARTS) is 1. The first-order valence-corrected chi connectivity index (χ1v) is 18.4. The van der Waals surface area contributed by atoms with Gasteiger partial charge in [0.05, 0.1) is 139 Å². The van der Waals surface area contributed by atoms with Crippen LogP contribution < -0.4 is 10.1 Å². The molecule has 1 aromatic carbocycles. The van der Waals surface area contributed by atoms with E-state index in [1.165, 1.54) is 0 Å². The van der Waals surface area contributed by atoms with Gasteiger partial charge in [-0.1, -0.05) is 12.1 Å². The fourth-order valence-electron chi connectivity index (χ4n) is 4.05. The molecule has 0 spiro atoms. The zero-order valence-electron chi connectivity index (χ0n) is 32.7. The monoisotopic (exact) mass is 779 g/mol. The lowest BCUT2D eigenvalue weighted by Gasteiger charge is -2.22. The lowest BCUT2D eigenvalue weighted by molar-refractivity contribution is -0.139. The Morgan fingerprint density at radius 2 is 0.852 bits per heavy atom. The summed E-state index contributed by atoms with van der Waals surface area (Å²) in [6.45, 7) is 15.8. The molecule has 0 saturated heterocycles. The minimum Gasteiger partial charge on any atom is -0.491 e. The molecule has 0 saturated carbocycles. The Bertz CT molecular complexity index is 1010. The van der Waals surface area contributed by atoms with E-state index in [1.54, 1.807) is 52.1 Å². The standard InChI is InChI=1S/C37H65NO16/c1-37(2,3)54-36(41)38-34(35(39)40)31-32-5-7-33(8-6-32)53-30-29-52-28-27-51-26-25-50-24-23-49-22-21-48-20-19-47-18-17-46-16-15-45-14-13-44-12-11-43-10-9-42-4/h5-8,34H,9-31H2,1-4H3,(H,38,41)(H,39,40). The largest absolute Gasteiger partial charge is 0.491 e. The highest BCUT2D eigenvalue weighted by atomic mass is 16.6. The van der Waals surface area contributed by atoms with Crippen molar-refractivity contribution in [3.05, 3.63) is 29.8 Å². The summed E-state index contributed by atoms with van der Waals surface area (Å²) in [7, 11) is 1.64. The van der Waals surface area contributed by atoms with Gasteiger partial charge < -0.3 is 72.0 Å². The Morgan fingerprint density at radius 1 is 0.537 bits per heavy atom. The average molecular weight is 780 g/mol. The van der Waals surface area contributed by atoms with E-state index < -0.39 is 23.7 Å². The van der Waals surface area contributed by atoms with Gasteiger partial charge in [-0.25, -0.2) is 9.59 Å². The lowest BCUT2D eigenvalue weighted by Crippen LogP contribution is -2.44. The van der Waals surface area contributed by atoms with Crippen molar-refractivity contribution in [2.45, 2.75) is 38.8 Å². The molecule has 2 N–H and O–H groups in total. The topological polar surface area (TPSA) is 186 Å². The maximum Gasteiger partial charge on any atom is 0.408 e. The zero-order chi connectivity index (χ0) is 39.4. The third-order valence-corrected chi connectivity index (χ3v) is 6.63. The van der Waals surface area contributed by atoms with Gasteiger partial charge in [0.2, 0.25) is 0 Å². The summed E-state index contributed by atoms with van der Waals surface area (Å²) in [5.74, 6) is -0.527. The summed E-state index contributed by atoms with van der Waals surface area (Å²) in [5.41, 5.74) is 0.00496. The summed E-state index contributed by atoms with van der Waals surface area (Å²) in [6.07, 6.45) is -0.674. The van der Waals surface area contributed by atoms with Gasteiger partial charge in [-0.2, -0.15) is 0 Å². The molecule has 0 aromatic heterocycles. The molecule has 1 unspecified atom stereocenters. The highest BCUT2D eigenvalue weighted by Crippen LogP contribution is 2.14. The number of nitrogens with one attached hydrogen (secondary N) is 1. The number of benzene rings is 1. The quantitative estimate of drug-likeness (QED) is 0.0932. The Labute approximate surface area is 320 Å². The molecule has 1 rings (SSSR count). The number of carbonyl (C=O) groups is 2. The number of rotatable bonds is 38. The van der Waals surface area contributed by atoms with Crippen LogP contribution in [0.2, 0.25) is 0 Å². The van der Waals surface area contributed by atoms with Crippen LogP contribution in [0.25, 0.3) is 0 Å². The Balaban J connectivity index is 1.81. The molecule has 314 valence electrons. The molecule has 17 heteroatoms. The van der Waals surface area contributed by atoms with Crippen molar-refractivity contribution in [1.29, 1.82) is 0 Å². The van der Waals surface area contributed by atoms with Gasteiger partial charge >= 0.3 is 12.1 Å². The summed E-state index contributed by atoms with van der Waals surface area (Å²) < 4.78 is 70.3. The molecule has 0 aliphatic carbocycles. The molecule has 1 amide bonds. The number of carboxylic acids is 1. The molecule has 0 radical (unpaired) electrons. The molecule has 1 atom stereocenters. The number of ether oxygens (including phenoxy) is 13. The summed E-state index contributed by atoms with van der Waals surface area (Å²) in [4.78, 5) is 23.6. The first-order valence-electron chi connectivity index (χ1n) is 18.4. The van der Waals surface area contributed by atoms with E-state index in [1.807, 2.05) is 0 Å². The Kier molecular flexibility index (Phi) is 31.8. The van der Waals surface area contributed by atoms with Crippen molar-refractivity contribution in [3.8, 4) is 5.75 Å². The fourth-order valence-corrected chi connectivity index (χ4v) is 4.05. The molecule has 17 nitrogen and oxygen atoms in total. The highest BCUT2D eigenvalue weighted by Gasteiger charge is 2.24. The van der Waals surface area contributed by atoms with Gasteiger partial charge in [0, 0.05) is 13.5 Å². The minimum absolute atomic E-state index is 0.104. The number of alkyl carbamates (subject to hydrolysis) is 1. The number of amides is 1. The number of hydrogen-bond donors (Lipinski definition) is 2. The van der Waals surface area contributed by atoms with Crippen molar-refractivity contribution in [2.24, 2.45) is 0 Å². The van der Waals surface area contributed by atoms with Crippen molar-refractivity contribution < 1.29 is 76.3 Å². The molecule has 0 fully saturated rings. The van der Waals surface area contributed by atoms with Crippen LogP contribution in [-0.2, 0) is 68.1 Å². The first kappa shape index (κ1) is 49.3. The minimum atomic E-state index is -1.15. The summed E-state index contributed by atoms with van der Waals surface area (Å²) in [6, 6.07) is 5.87. The van der Waals surface area contributed by atoms with Crippen LogP contribution >= 0.6 is 0 Å². The van der Waals surface area contributed by atoms with E-state index in [0.29, 0.717) is 151 Å². The molecule has 0 bridgehead atoms. The maximum atomic E-state index is 12.0. The number of hydrogen-bond acceptors (Lipinski definition) is 15. The first-order chi connectivity index (χ1) is 26.2. The Hall–Kier alpha value is -2.68. The van der Waals surface area contributed by atoms with Crippen LogP contribution in [0.5, 0.6) is 5.75 Å². The molecule has 1 aromatic rings. The van der Waals surface area contributed by atoms with E-state index in [2.05, 4.69) is 5.32 Å². The predicted octanol–water partition coefficient (Wildman–Crippen LogP) is 2.40. The van der Waals surface area contributed by atoms with Crippen molar-refractivity contribution in [3.63, 3.8) is 0 Å². The third kappa shape index (κ3) is 32.7. The molecule has 0 heterocycles. The van der Waals surface area contributed by atoms with Crippen LogP contribution in [0.4, 0.5) is 4.79 Å². The van der Waals surface area contributed by atoms with E-state index in [-0.39, 0.29) is 6.42 Å². The zero-order valence-corrected chi connectivity index (χ0v) is 32.7. The van der Waals surface area contributed by atoms with Gasteiger partial charge in [-0.05, 0) is 38.5 Å². The number of methoxy groups -OCH3 is 1. The van der Waals surface area contributed by atoms with E-state index in [4.69, 9.17) is 61.6 Å². The van der Waals surface area contributed by atoms with Crippen LogP contribution in [0.3, 0.4) is 0 Å². The van der Waals surface area contributed by atoms with Crippen molar-refractivity contribution >= 4 is 12.1 Å². The summed E-state index contributed by atoms with van der Waals surface area (Å²) >= 11 is 0. The second-order valence-corrected chi connectivity index (χ2v) is 12.4. The van der Waals surface area contributed by atoms with E-state index >= 15 is 0 Å². The van der Waals surface area contributed by atoms with Gasteiger partial charge in [-0.3, -0.25) is 0 Å². The molecular weight excluding hydrogens is 714 g/mol.